The second kappa shape index (κ2) is 5.49. The Morgan fingerprint density at radius 3 is 2.70 bits per heavy atom. The Balaban J connectivity index is 1.64. The van der Waals surface area contributed by atoms with E-state index in [1.165, 1.54) is 5.56 Å². The van der Waals surface area contributed by atoms with Crippen molar-refractivity contribution in [2.45, 2.75) is 38.2 Å². The van der Waals surface area contributed by atoms with Crippen LogP contribution in [0, 0.1) is 0 Å². The molecule has 0 bridgehead atoms. The number of fused-ring (bicyclic) bond motifs is 3. The number of carbonyl (C=O) groups is 2. The van der Waals surface area contributed by atoms with E-state index >= 15 is 0 Å². The fraction of sp³-hybridized carbons (Fsp3) is 0.333. The Morgan fingerprint density at radius 1 is 1.04 bits per heavy atom. The van der Waals surface area contributed by atoms with Crippen LogP contribution >= 0.6 is 0 Å². The van der Waals surface area contributed by atoms with Gasteiger partial charge in [-0.15, -0.1) is 0 Å². The summed E-state index contributed by atoms with van der Waals surface area (Å²) in [6, 6.07) is 9.85. The van der Waals surface area contributed by atoms with Gasteiger partial charge in [0.25, 0.3) is 5.91 Å². The highest BCUT2D eigenvalue weighted by Crippen LogP contribution is 2.48. The van der Waals surface area contributed by atoms with Crippen LogP contribution in [0.25, 0.3) is 0 Å². The molecule has 0 saturated heterocycles. The minimum Gasteiger partial charge on any atom is -0.487 e. The van der Waals surface area contributed by atoms with Crippen molar-refractivity contribution in [3.05, 3.63) is 47.0 Å². The quantitative estimate of drug-likeness (QED) is 0.815. The minimum atomic E-state index is -0.249. The molecule has 2 aromatic rings. The van der Waals surface area contributed by atoms with Gasteiger partial charge < -0.3 is 20.1 Å². The number of anilines is 2. The summed E-state index contributed by atoms with van der Waals surface area (Å²) in [5, 5.41) is 5.71. The Kier molecular flexibility index (Phi) is 3.29. The van der Waals surface area contributed by atoms with Gasteiger partial charge >= 0.3 is 0 Å². The molecule has 0 spiro atoms. The molecule has 2 N–H and O–H groups in total. The van der Waals surface area contributed by atoms with Gasteiger partial charge in [-0.3, -0.25) is 9.59 Å². The number of para-hydroxylation sites is 1. The van der Waals surface area contributed by atoms with E-state index < -0.39 is 0 Å². The van der Waals surface area contributed by atoms with Crippen LogP contribution in [0.4, 0.5) is 11.4 Å². The lowest BCUT2D eigenvalue weighted by Crippen LogP contribution is -2.28. The maximum Gasteiger partial charge on any atom is 0.262 e. The summed E-state index contributed by atoms with van der Waals surface area (Å²) in [6.07, 6.45) is 1.19. The van der Waals surface area contributed by atoms with Crippen molar-refractivity contribution in [2.75, 3.05) is 17.2 Å². The highest BCUT2D eigenvalue weighted by atomic mass is 16.5. The maximum absolute atomic E-state index is 12.4. The SMILES string of the molecule is CC1(C)Cc2cccc([C@H]3CC(=O)Nc4cc5c(cc43)OCC(=O)N5)c2O1. The Morgan fingerprint density at radius 2 is 1.85 bits per heavy atom. The van der Waals surface area contributed by atoms with Crippen LogP contribution in [0.5, 0.6) is 11.5 Å². The number of amides is 2. The van der Waals surface area contributed by atoms with E-state index in [-0.39, 0.29) is 29.9 Å². The highest BCUT2D eigenvalue weighted by Gasteiger charge is 2.36. The fourth-order valence-corrected chi connectivity index (χ4v) is 4.23. The number of rotatable bonds is 1. The van der Waals surface area contributed by atoms with Gasteiger partial charge in [-0.25, -0.2) is 0 Å². The smallest absolute Gasteiger partial charge is 0.262 e. The average Bonchev–Trinajstić information content (AvgIpc) is 2.93. The lowest BCUT2D eigenvalue weighted by Gasteiger charge is -2.30. The topological polar surface area (TPSA) is 76.7 Å². The standard InChI is InChI=1S/C21H20N2O4/c1-21(2)9-11-4-3-5-12(20(11)27-21)13-7-18(24)22-15-8-16-17(6-14(13)15)26-10-19(25)23-16/h3-6,8,13H,7,9-10H2,1-2H3,(H,22,24)(H,23,25)/t13-/m1/s1. The van der Waals surface area contributed by atoms with Gasteiger partial charge in [0.05, 0.1) is 5.69 Å². The van der Waals surface area contributed by atoms with Crippen LogP contribution in [0.2, 0.25) is 0 Å². The number of benzene rings is 2. The largest absolute Gasteiger partial charge is 0.487 e. The van der Waals surface area contributed by atoms with E-state index in [4.69, 9.17) is 9.47 Å². The molecule has 0 radical (unpaired) electrons. The zero-order valence-corrected chi connectivity index (χ0v) is 15.2. The van der Waals surface area contributed by atoms with E-state index in [9.17, 15) is 9.59 Å². The van der Waals surface area contributed by atoms with Gasteiger partial charge in [0.2, 0.25) is 5.91 Å². The van der Waals surface area contributed by atoms with Gasteiger partial charge in [0, 0.05) is 30.0 Å². The molecule has 0 aromatic heterocycles. The zero-order chi connectivity index (χ0) is 18.8. The molecule has 1 atom stereocenters. The van der Waals surface area contributed by atoms with Gasteiger partial charge in [-0.1, -0.05) is 18.2 Å². The zero-order valence-electron chi connectivity index (χ0n) is 15.2. The number of hydrogen-bond donors (Lipinski definition) is 2. The van der Waals surface area contributed by atoms with Gasteiger partial charge in [-0.05, 0) is 37.1 Å². The molecule has 0 fully saturated rings. The second-order valence-electron chi connectivity index (χ2n) is 7.95. The first-order valence-electron chi connectivity index (χ1n) is 9.11. The number of carbonyl (C=O) groups excluding carboxylic acids is 2. The number of ether oxygens (including phenoxy) is 2. The van der Waals surface area contributed by atoms with Crippen LogP contribution < -0.4 is 20.1 Å². The molecular weight excluding hydrogens is 344 g/mol. The monoisotopic (exact) mass is 364 g/mol. The van der Waals surface area contributed by atoms with Crippen LogP contribution in [-0.2, 0) is 16.0 Å². The molecule has 0 unspecified atom stereocenters. The Labute approximate surface area is 156 Å². The summed E-state index contributed by atoms with van der Waals surface area (Å²) in [5.41, 5.74) is 4.21. The molecule has 5 rings (SSSR count). The molecule has 2 amide bonds. The third-order valence-electron chi connectivity index (χ3n) is 5.32. The summed E-state index contributed by atoms with van der Waals surface area (Å²) in [4.78, 5) is 24.0. The van der Waals surface area contributed by atoms with Gasteiger partial charge in [0.1, 0.15) is 17.1 Å². The molecule has 0 saturated carbocycles. The van der Waals surface area contributed by atoms with Crippen molar-refractivity contribution in [1.82, 2.24) is 0 Å². The number of hydrogen-bond acceptors (Lipinski definition) is 4. The molecule has 3 aliphatic rings. The molecule has 0 aliphatic carbocycles. The lowest BCUT2D eigenvalue weighted by atomic mass is 9.83. The van der Waals surface area contributed by atoms with Crippen molar-refractivity contribution < 1.29 is 19.1 Å². The summed E-state index contributed by atoms with van der Waals surface area (Å²) in [7, 11) is 0. The van der Waals surface area contributed by atoms with Crippen LogP contribution in [0.15, 0.2) is 30.3 Å². The molecular formula is C21H20N2O4. The maximum atomic E-state index is 12.4. The lowest BCUT2D eigenvalue weighted by molar-refractivity contribution is -0.118. The first kappa shape index (κ1) is 16.2. The molecule has 6 nitrogen and oxygen atoms in total. The van der Waals surface area contributed by atoms with Crippen molar-refractivity contribution in [1.29, 1.82) is 0 Å². The van der Waals surface area contributed by atoms with Crippen LogP contribution in [0.1, 0.15) is 42.9 Å². The normalized spacial score (nSPS) is 21.8. The summed E-state index contributed by atoms with van der Waals surface area (Å²) in [6.45, 7) is 4.15. The van der Waals surface area contributed by atoms with Crippen LogP contribution in [0.3, 0.4) is 0 Å². The van der Waals surface area contributed by atoms with Crippen molar-refractivity contribution in [2.24, 2.45) is 0 Å². The van der Waals surface area contributed by atoms with Crippen molar-refractivity contribution in [3.63, 3.8) is 0 Å². The summed E-state index contributed by atoms with van der Waals surface area (Å²) >= 11 is 0. The Hall–Kier alpha value is -3.02. The molecule has 138 valence electrons. The first-order chi connectivity index (χ1) is 12.9. The van der Waals surface area contributed by atoms with E-state index in [2.05, 4.69) is 30.5 Å². The number of nitrogens with one attached hydrogen (secondary N) is 2. The second-order valence-corrected chi connectivity index (χ2v) is 7.95. The molecule has 2 aromatic carbocycles. The highest BCUT2D eigenvalue weighted by molar-refractivity contribution is 6.00. The third kappa shape index (κ3) is 2.63. The Bertz CT molecular complexity index is 996. The molecule has 3 heterocycles. The van der Waals surface area contributed by atoms with Crippen molar-refractivity contribution in [3.8, 4) is 11.5 Å². The summed E-state index contributed by atoms with van der Waals surface area (Å²) in [5.74, 6) is 1.15. The summed E-state index contributed by atoms with van der Waals surface area (Å²) < 4.78 is 11.8. The predicted octanol–water partition coefficient (Wildman–Crippen LogP) is 3.21. The predicted molar refractivity (Wildman–Crippen MR) is 101 cm³/mol. The van der Waals surface area contributed by atoms with E-state index in [0.717, 1.165) is 23.3 Å². The van der Waals surface area contributed by atoms with Crippen LogP contribution in [-0.4, -0.2) is 24.0 Å². The average molecular weight is 364 g/mol. The van der Waals surface area contributed by atoms with Gasteiger partial charge in [0.15, 0.2) is 6.61 Å². The molecule has 6 heteroatoms. The van der Waals surface area contributed by atoms with E-state index in [1.54, 1.807) is 6.07 Å². The van der Waals surface area contributed by atoms with E-state index in [1.807, 2.05) is 18.2 Å². The fourth-order valence-electron chi connectivity index (χ4n) is 4.23. The van der Waals surface area contributed by atoms with Gasteiger partial charge in [-0.2, -0.15) is 0 Å². The molecule has 3 aliphatic heterocycles. The van der Waals surface area contributed by atoms with Crippen molar-refractivity contribution >= 4 is 23.2 Å². The first-order valence-corrected chi connectivity index (χ1v) is 9.11. The molecule has 27 heavy (non-hydrogen) atoms. The van der Waals surface area contributed by atoms with E-state index in [0.29, 0.717) is 23.5 Å². The third-order valence-corrected chi connectivity index (χ3v) is 5.32. The minimum absolute atomic E-state index is 0.000841.